The molecule has 4 heterocycles. The lowest BCUT2D eigenvalue weighted by molar-refractivity contribution is -0.183. The topological polar surface area (TPSA) is 72.0 Å². The van der Waals surface area contributed by atoms with E-state index in [1.165, 1.54) is 11.3 Å². The van der Waals surface area contributed by atoms with Gasteiger partial charge in [-0.2, -0.15) is 0 Å². The molecule has 0 spiro atoms. The van der Waals surface area contributed by atoms with E-state index in [0.29, 0.717) is 26.3 Å². The molecule has 2 aliphatic heterocycles. The summed E-state index contributed by atoms with van der Waals surface area (Å²) in [6.45, 7) is 2.15. The van der Waals surface area contributed by atoms with Crippen LogP contribution in [0.3, 0.4) is 0 Å². The average Bonchev–Trinajstić information content (AvgIpc) is 3.30. The molecular formula is C21H25N3O4S. The van der Waals surface area contributed by atoms with Gasteiger partial charge in [-0.1, -0.05) is 6.07 Å². The van der Waals surface area contributed by atoms with Crippen LogP contribution in [-0.4, -0.2) is 72.2 Å². The molecule has 29 heavy (non-hydrogen) atoms. The summed E-state index contributed by atoms with van der Waals surface area (Å²) >= 11 is 1.47. The van der Waals surface area contributed by atoms with Crippen LogP contribution in [0.15, 0.2) is 42.0 Å². The molecule has 154 valence electrons. The van der Waals surface area contributed by atoms with Crippen molar-refractivity contribution >= 4 is 23.2 Å². The Kier molecular flexibility index (Phi) is 6.22. The highest BCUT2D eigenvalue weighted by Crippen LogP contribution is 2.40. The zero-order valence-electron chi connectivity index (χ0n) is 16.4. The summed E-state index contributed by atoms with van der Waals surface area (Å²) in [5.74, 6) is 0.103. The minimum absolute atomic E-state index is 0.0194. The molecule has 0 N–H and O–H groups in total. The first-order valence-corrected chi connectivity index (χ1v) is 10.7. The van der Waals surface area contributed by atoms with Gasteiger partial charge in [-0.25, -0.2) is 0 Å². The predicted octanol–water partition coefficient (Wildman–Crippen LogP) is 2.36. The number of nitrogens with zero attached hydrogens (tertiary/aromatic N) is 3. The minimum atomic E-state index is -0.488. The fraction of sp³-hybridized carbons (Fsp3) is 0.476. The number of piperidine rings is 1. The van der Waals surface area contributed by atoms with Crippen LogP contribution in [0.25, 0.3) is 0 Å². The van der Waals surface area contributed by atoms with Crippen molar-refractivity contribution < 1.29 is 19.1 Å². The van der Waals surface area contributed by atoms with Crippen LogP contribution in [-0.2, 0) is 14.3 Å². The van der Waals surface area contributed by atoms with Crippen LogP contribution in [0.5, 0.6) is 0 Å². The second-order valence-corrected chi connectivity index (χ2v) is 8.20. The molecule has 2 aliphatic rings. The van der Waals surface area contributed by atoms with Crippen molar-refractivity contribution in [3.8, 4) is 0 Å². The van der Waals surface area contributed by atoms with E-state index < -0.39 is 6.10 Å². The van der Waals surface area contributed by atoms with E-state index in [4.69, 9.17) is 9.47 Å². The Hall–Kier alpha value is -2.29. The van der Waals surface area contributed by atoms with Gasteiger partial charge in [0.1, 0.15) is 0 Å². The second kappa shape index (κ2) is 9.02. The quantitative estimate of drug-likeness (QED) is 0.513. The molecular weight excluding hydrogens is 390 g/mol. The Labute approximate surface area is 174 Å². The van der Waals surface area contributed by atoms with E-state index in [9.17, 15) is 9.59 Å². The van der Waals surface area contributed by atoms with Crippen LogP contribution in [0, 0.1) is 0 Å². The van der Waals surface area contributed by atoms with Crippen LogP contribution < -0.4 is 0 Å². The third-order valence-electron chi connectivity index (χ3n) is 5.59. The summed E-state index contributed by atoms with van der Waals surface area (Å²) in [6.07, 6.45) is 4.54. The first-order chi connectivity index (χ1) is 14.2. The molecule has 4 rings (SSSR count). The number of hydrogen-bond acceptors (Lipinski definition) is 6. The molecule has 8 heteroatoms. The van der Waals surface area contributed by atoms with E-state index in [1.54, 1.807) is 19.5 Å². The lowest BCUT2D eigenvalue weighted by atomic mass is 9.86. The summed E-state index contributed by atoms with van der Waals surface area (Å²) in [5, 5.41) is 1.92. The number of amides is 2. The maximum absolute atomic E-state index is 12.9. The number of likely N-dealkylation sites (tertiary alicyclic amines) is 2. The number of thiophene rings is 1. The standard InChI is InChI=1S/C21H25N3O4S/c1-27-12-13-28-19-18(15-4-8-22-9-5-15)24(21(19)26)16-6-10-23(11-7-16)20(25)17-3-2-14-29-17/h2-5,8-9,14,16,18-19H,6-7,10-13H2,1H3. The fourth-order valence-corrected chi connectivity index (χ4v) is 4.80. The zero-order chi connectivity index (χ0) is 20.2. The molecule has 2 fully saturated rings. The highest BCUT2D eigenvalue weighted by Gasteiger charge is 2.52. The van der Waals surface area contributed by atoms with Gasteiger partial charge in [0.15, 0.2) is 6.10 Å². The van der Waals surface area contributed by atoms with Gasteiger partial charge in [0, 0.05) is 38.6 Å². The maximum atomic E-state index is 12.9. The van der Waals surface area contributed by atoms with Crippen molar-refractivity contribution in [3.05, 3.63) is 52.5 Å². The van der Waals surface area contributed by atoms with Crippen molar-refractivity contribution in [3.63, 3.8) is 0 Å². The monoisotopic (exact) mass is 415 g/mol. The van der Waals surface area contributed by atoms with Crippen molar-refractivity contribution in [1.29, 1.82) is 0 Å². The molecule has 0 aromatic carbocycles. The lowest BCUT2D eigenvalue weighted by Crippen LogP contribution is -2.64. The number of methoxy groups -OCH3 is 1. The number of hydrogen-bond donors (Lipinski definition) is 0. The first kappa shape index (κ1) is 20.0. The van der Waals surface area contributed by atoms with E-state index in [-0.39, 0.29) is 23.9 Å². The lowest BCUT2D eigenvalue weighted by Gasteiger charge is -2.52. The summed E-state index contributed by atoms with van der Waals surface area (Å²) < 4.78 is 10.9. The van der Waals surface area contributed by atoms with E-state index in [1.807, 2.05) is 39.4 Å². The fourth-order valence-electron chi connectivity index (χ4n) is 4.11. The van der Waals surface area contributed by atoms with Gasteiger partial charge in [-0.15, -0.1) is 11.3 Å². The zero-order valence-corrected chi connectivity index (χ0v) is 17.2. The van der Waals surface area contributed by atoms with Crippen LogP contribution in [0.2, 0.25) is 0 Å². The second-order valence-electron chi connectivity index (χ2n) is 7.26. The molecule has 2 amide bonds. The molecule has 0 saturated carbocycles. The number of rotatable bonds is 7. The van der Waals surface area contributed by atoms with Crippen LogP contribution in [0.1, 0.15) is 34.1 Å². The molecule has 0 aliphatic carbocycles. The summed E-state index contributed by atoms with van der Waals surface area (Å²) in [4.78, 5) is 34.2. The molecule has 0 bridgehead atoms. The number of carbonyl (C=O) groups is 2. The molecule has 2 unspecified atom stereocenters. The van der Waals surface area contributed by atoms with Crippen molar-refractivity contribution in [2.45, 2.75) is 31.0 Å². The van der Waals surface area contributed by atoms with Crippen molar-refractivity contribution in [2.75, 3.05) is 33.4 Å². The SMILES string of the molecule is COCCOC1C(=O)N(C2CCN(C(=O)c3cccs3)CC2)C1c1ccncc1. The highest BCUT2D eigenvalue weighted by molar-refractivity contribution is 7.12. The van der Waals surface area contributed by atoms with Gasteiger partial charge in [0.05, 0.1) is 24.1 Å². The normalized spacial score (nSPS) is 22.6. The van der Waals surface area contributed by atoms with Gasteiger partial charge in [0.25, 0.3) is 11.8 Å². The third-order valence-corrected chi connectivity index (χ3v) is 6.45. The van der Waals surface area contributed by atoms with E-state index in [0.717, 1.165) is 23.3 Å². The third kappa shape index (κ3) is 4.05. The Balaban J connectivity index is 1.43. The number of carbonyl (C=O) groups excluding carboxylic acids is 2. The predicted molar refractivity (Wildman–Crippen MR) is 109 cm³/mol. The van der Waals surface area contributed by atoms with Crippen LogP contribution >= 0.6 is 11.3 Å². The van der Waals surface area contributed by atoms with Gasteiger partial charge >= 0.3 is 0 Å². The minimum Gasteiger partial charge on any atom is -0.382 e. The van der Waals surface area contributed by atoms with Crippen molar-refractivity contribution in [2.24, 2.45) is 0 Å². The Morgan fingerprint density at radius 3 is 2.62 bits per heavy atom. The molecule has 2 aromatic rings. The summed E-state index contributed by atoms with van der Waals surface area (Å²) in [5.41, 5.74) is 1.03. The number of aromatic nitrogens is 1. The Morgan fingerprint density at radius 2 is 1.97 bits per heavy atom. The summed E-state index contributed by atoms with van der Waals surface area (Å²) in [7, 11) is 1.61. The van der Waals surface area contributed by atoms with Gasteiger partial charge in [-0.3, -0.25) is 14.6 Å². The largest absolute Gasteiger partial charge is 0.382 e. The van der Waals surface area contributed by atoms with Crippen LogP contribution in [0.4, 0.5) is 0 Å². The smallest absolute Gasteiger partial charge is 0.263 e. The van der Waals surface area contributed by atoms with E-state index >= 15 is 0 Å². The summed E-state index contributed by atoms with van der Waals surface area (Å²) in [6, 6.07) is 7.62. The average molecular weight is 416 g/mol. The van der Waals surface area contributed by atoms with Gasteiger partial charge in [-0.05, 0) is 42.0 Å². The first-order valence-electron chi connectivity index (χ1n) is 9.86. The number of ether oxygens (including phenoxy) is 2. The van der Waals surface area contributed by atoms with Crippen molar-refractivity contribution in [1.82, 2.24) is 14.8 Å². The number of β-lactam (4-membered cyclic amide) rings is 1. The highest BCUT2D eigenvalue weighted by atomic mass is 32.1. The molecule has 2 atom stereocenters. The van der Waals surface area contributed by atoms with E-state index in [2.05, 4.69) is 4.98 Å². The maximum Gasteiger partial charge on any atom is 0.263 e. The Bertz CT molecular complexity index is 822. The van der Waals surface area contributed by atoms with Gasteiger partial charge in [0.2, 0.25) is 0 Å². The van der Waals surface area contributed by atoms with Gasteiger partial charge < -0.3 is 19.3 Å². The Morgan fingerprint density at radius 1 is 1.21 bits per heavy atom. The molecule has 0 radical (unpaired) electrons. The molecule has 7 nitrogen and oxygen atoms in total. The number of pyridine rings is 1. The molecule has 2 aromatic heterocycles. The molecule has 2 saturated heterocycles.